The molecule has 18 heavy (non-hydrogen) atoms. The molecule has 0 aliphatic carbocycles. The molecule has 0 saturated carbocycles. The van der Waals surface area contributed by atoms with Crippen molar-refractivity contribution in [3.8, 4) is 0 Å². The van der Waals surface area contributed by atoms with Crippen molar-refractivity contribution in [2.75, 3.05) is 24.2 Å². The highest BCUT2D eigenvalue weighted by Crippen LogP contribution is 2.25. The highest BCUT2D eigenvalue weighted by Gasteiger charge is 2.11. The van der Waals surface area contributed by atoms with Gasteiger partial charge in [0.15, 0.2) is 0 Å². The second-order valence-corrected chi connectivity index (χ2v) is 5.13. The van der Waals surface area contributed by atoms with Crippen molar-refractivity contribution in [2.45, 2.75) is 38.3 Å². The number of nitrogens with one attached hydrogen (secondary N) is 1. The summed E-state index contributed by atoms with van der Waals surface area (Å²) in [5, 5.41) is 22.3. The summed E-state index contributed by atoms with van der Waals surface area (Å²) in [5.41, 5.74) is 0.990. The summed E-state index contributed by atoms with van der Waals surface area (Å²) in [6.07, 6.45) is 0.325. The van der Waals surface area contributed by atoms with Crippen LogP contribution in [0.5, 0.6) is 0 Å². The predicted octanol–water partition coefficient (Wildman–Crippen LogP) is 1.36. The molecule has 1 unspecified atom stereocenters. The molecule has 1 aromatic rings. The molecule has 102 valence electrons. The fraction of sp³-hybridized carbons (Fsp3) is 0.667. The van der Waals surface area contributed by atoms with Crippen LogP contribution in [0.2, 0.25) is 0 Å². The van der Waals surface area contributed by atoms with Crippen molar-refractivity contribution in [3.63, 3.8) is 0 Å². The molecule has 0 amide bonds. The minimum atomic E-state index is -0.711. The first-order valence-electron chi connectivity index (χ1n) is 6.09. The topological polar surface area (TPSA) is 78.3 Å². The van der Waals surface area contributed by atoms with E-state index < -0.39 is 6.10 Å². The quantitative estimate of drug-likeness (QED) is 0.513. The van der Waals surface area contributed by atoms with Gasteiger partial charge in [0.05, 0.1) is 12.7 Å². The molecule has 0 aliphatic heterocycles. The molecule has 0 saturated heterocycles. The molecular formula is C12H21N3O2S. The summed E-state index contributed by atoms with van der Waals surface area (Å²) in [4.78, 5) is 8.74. The standard InChI is InChI=1S/C12H21N3O2S/c1-4-5-13-11-8(2)12(15-9(3)14-11)18-7-10(17)6-16/h10,16-17H,4-7H2,1-3H3,(H,13,14,15). The van der Waals surface area contributed by atoms with E-state index in [1.807, 2.05) is 13.8 Å². The van der Waals surface area contributed by atoms with Crippen LogP contribution in [0.4, 0.5) is 5.82 Å². The molecule has 0 spiro atoms. The van der Waals surface area contributed by atoms with Crippen molar-refractivity contribution in [3.05, 3.63) is 11.4 Å². The molecule has 0 fully saturated rings. The van der Waals surface area contributed by atoms with Crippen LogP contribution in [0.3, 0.4) is 0 Å². The Morgan fingerprint density at radius 2 is 2.06 bits per heavy atom. The molecule has 6 heteroatoms. The molecular weight excluding hydrogens is 250 g/mol. The van der Waals surface area contributed by atoms with Crippen molar-refractivity contribution in [2.24, 2.45) is 0 Å². The van der Waals surface area contributed by atoms with Crippen LogP contribution in [0.1, 0.15) is 24.7 Å². The minimum absolute atomic E-state index is 0.225. The Bertz CT molecular complexity index is 388. The van der Waals surface area contributed by atoms with E-state index in [9.17, 15) is 5.11 Å². The summed E-state index contributed by atoms with van der Waals surface area (Å²) in [6, 6.07) is 0. The van der Waals surface area contributed by atoms with E-state index >= 15 is 0 Å². The van der Waals surface area contributed by atoms with Gasteiger partial charge in [0.1, 0.15) is 16.7 Å². The van der Waals surface area contributed by atoms with E-state index in [1.54, 1.807) is 0 Å². The maximum atomic E-state index is 9.36. The molecule has 3 N–H and O–H groups in total. The monoisotopic (exact) mass is 271 g/mol. The van der Waals surface area contributed by atoms with Gasteiger partial charge in [0.2, 0.25) is 0 Å². The fourth-order valence-corrected chi connectivity index (χ4v) is 2.35. The van der Waals surface area contributed by atoms with Gasteiger partial charge in [-0.15, -0.1) is 11.8 Å². The average molecular weight is 271 g/mol. The van der Waals surface area contributed by atoms with Crippen molar-refractivity contribution >= 4 is 17.6 Å². The lowest BCUT2D eigenvalue weighted by atomic mass is 10.3. The number of aromatic nitrogens is 2. The van der Waals surface area contributed by atoms with E-state index in [1.165, 1.54) is 11.8 Å². The number of rotatable bonds is 7. The summed E-state index contributed by atoms with van der Waals surface area (Å²) in [5.74, 6) is 1.99. The van der Waals surface area contributed by atoms with Gasteiger partial charge >= 0.3 is 0 Å². The second kappa shape index (κ2) is 7.56. The van der Waals surface area contributed by atoms with Crippen molar-refractivity contribution in [1.82, 2.24) is 9.97 Å². The molecule has 0 radical (unpaired) electrons. The first-order valence-corrected chi connectivity index (χ1v) is 7.07. The zero-order valence-electron chi connectivity index (χ0n) is 11.1. The fourth-order valence-electron chi connectivity index (χ4n) is 1.39. The Hall–Kier alpha value is -0.850. The second-order valence-electron chi connectivity index (χ2n) is 4.12. The first kappa shape index (κ1) is 15.2. The van der Waals surface area contributed by atoms with E-state index in [4.69, 9.17) is 5.11 Å². The molecule has 1 aromatic heterocycles. The number of aryl methyl sites for hydroxylation is 1. The van der Waals surface area contributed by atoms with Gasteiger partial charge in [-0.1, -0.05) is 6.92 Å². The predicted molar refractivity (Wildman–Crippen MR) is 74.1 cm³/mol. The van der Waals surface area contributed by atoms with Gasteiger partial charge in [-0.3, -0.25) is 0 Å². The normalized spacial score (nSPS) is 12.5. The maximum absolute atomic E-state index is 9.36. The number of hydrogen-bond donors (Lipinski definition) is 3. The third-order valence-electron chi connectivity index (χ3n) is 2.38. The van der Waals surface area contributed by atoms with Gasteiger partial charge < -0.3 is 15.5 Å². The number of nitrogens with zero attached hydrogens (tertiary/aromatic N) is 2. The van der Waals surface area contributed by atoms with Gasteiger partial charge in [0, 0.05) is 17.9 Å². The zero-order chi connectivity index (χ0) is 13.5. The van der Waals surface area contributed by atoms with Crippen LogP contribution < -0.4 is 5.32 Å². The molecule has 1 rings (SSSR count). The van der Waals surface area contributed by atoms with Crippen LogP contribution in [0, 0.1) is 13.8 Å². The number of anilines is 1. The van der Waals surface area contributed by atoms with Crippen LogP contribution in [-0.4, -0.2) is 45.2 Å². The van der Waals surface area contributed by atoms with Gasteiger partial charge in [-0.05, 0) is 20.3 Å². The van der Waals surface area contributed by atoms with E-state index in [0.29, 0.717) is 11.6 Å². The van der Waals surface area contributed by atoms with Crippen LogP contribution in [0.15, 0.2) is 5.03 Å². The highest BCUT2D eigenvalue weighted by molar-refractivity contribution is 7.99. The van der Waals surface area contributed by atoms with E-state index in [2.05, 4.69) is 22.2 Å². The SMILES string of the molecule is CCCNc1nc(C)nc(SCC(O)CO)c1C. The third-order valence-corrected chi connectivity index (χ3v) is 3.60. The average Bonchev–Trinajstić information content (AvgIpc) is 2.37. The molecule has 0 aromatic carbocycles. The van der Waals surface area contributed by atoms with Gasteiger partial charge in [-0.25, -0.2) is 9.97 Å². The number of thioether (sulfide) groups is 1. The highest BCUT2D eigenvalue weighted by atomic mass is 32.2. The maximum Gasteiger partial charge on any atom is 0.133 e. The van der Waals surface area contributed by atoms with Crippen LogP contribution >= 0.6 is 11.8 Å². The largest absolute Gasteiger partial charge is 0.394 e. The summed E-state index contributed by atoms with van der Waals surface area (Å²) in [7, 11) is 0. The molecule has 5 nitrogen and oxygen atoms in total. The minimum Gasteiger partial charge on any atom is -0.394 e. The first-order chi connectivity index (χ1) is 8.58. The van der Waals surface area contributed by atoms with Crippen LogP contribution in [-0.2, 0) is 0 Å². The lowest BCUT2D eigenvalue weighted by molar-refractivity contribution is 0.113. The summed E-state index contributed by atoms with van der Waals surface area (Å²) >= 11 is 1.44. The summed E-state index contributed by atoms with van der Waals surface area (Å²) < 4.78 is 0. The van der Waals surface area contributed by atoms with E-state index in [-0.39, 0.29) is 6.61 Å². The van der Waals surface area contributed by atoms with E-state index in [0.717, 1.165) is 29.4 Å². The Morgan fingerprint density at radius 3 is 2.67 bits per heavy atom. The molecule has 1 heterocycles. The molecule has 0 bridgehead atoms. The summed E-state index contributed by atoms with van der Waals surface area (Å²) in [6.45, 7) is 6.57. The van der Waals surface area contributed by atoms with Crippen molar-refractivity contribution < 1.29 is 10.2 Å². The van der Waals surface area contributed by atoms with Gasteiger partial charge in [-0.2, -0.15) is 0 Å². The van der Waals surface area contributed by atoms with Crippen molar-refractivity contribution in [1.29, 1.82) is 0 Å². The number of aliphatic hydroxyl groups excluding tert-OH is 2. The smallest absolute Gasteiger partial charge is 0.133 e. The Morgan fingerprint density at radius 1 is 1.33 bits per heavy atom. The Balaban J connectivity index is 2.80. The van der Waals surface area contributed by atoms with Crippen LogP contribution in [0.25, 0.3) is 0 Å². The number of hydrogen-bond acceptors (Lipinski definition) is 6. The third kappa shape index (κ3) is 4.44. The van der Waals surface area contributed by atoms with Gasteiger partial charge in [0.25, 0.3) is 0 Å². The molecule has 1 atom stereocenters. The lowest BCUT2D eigenvalue weighted by Gasteiger charge is -2.13. The lowest BCUT2D eigenvalue weighted by Crippen LogP contribution is -2.15. The number of aliphatic hydroxyl groups is 2. The zero-order valence-corrected chi connectivity index (χ0v) is 11.9. The Labute approximate surface area is 112 Å². The molecule has 0 aliphatic rings. The Kier molecular flexibility index (Phi) is 6.38.